The second-order valence-corrected chi connectivity index (χ2v) is 5.85. The van der Waals surface area contributed by atoms with Gasteiger partial charge in [-0.1, -0.05) is 11.6 Å². The standard InChI is InChI=1S/C15H23ClFN3/c1-19-7-9-20(10-8-19)6-2-5-18-12-13-11-14(16)3-4-15(13)17/h3-4,11,18H,2,5-10,12H2,1H3. The Labute approximate surface area is 125 Å². The molecular formula is C15H23ClFN3. The number of nitrogens with one attached hydrogen (secondary N) is 1. The first-order valence-electron chi connectivity index (χ1n) is 7.21. The van der Waals surface area contributed by atoms with E-state index < -0.39 is 0 Å². The van der Waals surface area contributed by atoms with Crippen molar-refractivity contribution in [1.82, 2.24) is 15.1 Å². The van der Waals surface area contributed by atoms with Gasteiger partial charge in [-0.05, 0) is 44.8 Å². The molecule has 0 atom stereocenters. The third-order valence-electron chi connectivity index (χ3n) is 3.75. The molecule has 0 spiro atoms. The van der Waals surface area contributed by atoms with E-state index in [1.165, 1.54) is 6.07 Å². The van der Waals surface area contributed by atoms with Gasteiger partial charge >= 0.3 is 0 Å². The Morgan fingerprint density at radius 1 is 1.25 bits per heavy atom. The Hall–Kier alpha value is -0.680. The predicted octanol–water partition coefficient (Wildman–Crippen LogP) is 2.21. The van der Waals surface area contributed by atoms with Crippen LogP contribution in [-0.2, 0) is 6.54 Å². The molecule has 1 aromatic carbocycles. The van der Waals surface area contributed by atoms with Gasteiger partial charge in [-0.15, -0.1) is 0 Å². The van der Waals surface area contributed by atoms with Gasteiger partial charge in [-0.3, -0.25) is 0 Å². The van der Waals surface area contributed by atoms with Gasteiger partial charge in [0.05, 0.1) is 0 Å². The van der Waals surface area contributed by atoms with Crippen molar-refractivity contribution in [2.24, 2.45) is 0 Å². The Morgan fingerprint density at radius 3 is 2.75 bits per heavy atom. The first-order chi connectivity index (χ1) is 9.65. The minimum absolute atomic E-state index is 0.194. The molecule has 5 heteroatoms. The van der Waals surface area contributed by atoms with Crippen molar-refractivity contribution in [2.75, 3.05) is 46.3 Å². The number of piperazine rings is 1. The van der Waals surface area contributed by atoms with Gasteiger partial charge in [0.15, 0.2) is 0 Å². The molecule has 1 aliphatic rings. The molecule has 1 aliphatic heterocycles. The topological polar surface area (TPSA) is 18.5 Å². The number of hydrogen-bond donors (Lipinski definition) is 1. The number of rotatable bonds is 6. The molecule has 0 unspecified atom stereocenters. The Morgan fingerprint density at radius 2 is 2.00 bits per heavy atom. The normalized spacial score (nSPS) is 17.6. The number of halogens is 2. The smallest absolute Gasteiger partial charge is 0.127 e. The third kappa shape index (κ3) is 5.02. The highest BCUT2D eigenvalue weighted by Crippen LogP contribution is 2.14. The molecule has 0 aromatic heterocycles. The van der Waals surface area contributed by atoms with Crippen molar-refractivity contribution in [3.8, 4) is 0 Å². The quantitative estimate of drug-likeness (QED) is 0.813. The van der Waals surface area contributed by atoms with E-state index in [0.717, 1.165) is 45.7 Å². The third-order valence-corrected chi connectivity index (χ3v) is 3.98. The molecule has 1 aromatic rings. The molecule has 2 rings (SSSR count). The molecular weight excluding hydrogens is 277 g/mol. The zero-order chi connectivity index (χ0) is 14.4. The average Bonchev–Trinajstić information content (AvgIpc) is 2.44. The van der Waals surface area contributed by atoms with Crippen LogP contribution in [0.3, 0.4) is 0 Å². The van der Waals surface area contributed by atoms with E-state index in [9.17, 15) is 4.39 Å². The number of hydrogen-bond acceptors (Lipinski definition) is 3. The van der Waals surface area contributed by atoms with Crippen LogP contribution >= 0.6 is 11.6 Å². The molecule has 1 N–H and O–H groups in total. The van der Waals surface area contributed by atoms with E-state index >= 15 is 0 Å². The number of nitrogens with zero attached hydrogens (tertiary/aromatic N) is 2. The molecule has 3 nitrogen and oxygen atoms in total. The van der Waals surface area contributed by atoms with Gasteiger partial charge in [-0.2, -0.15) is 0 Å². The van der Waals surface area contributed by atoms with E-state index in [1.54, 1.807) is 12.1 Å². The summed E-state index contributed by atoms with van der Waals surface area (Å²) in [4.78, 5) is 4.85. The van der Waals surface area contributed by atoms with E-state index in [1.807, 2.05) is 0 Å². The van der Waals surface area contributed by atoms with Crippen molar-refractivity contribution in [3.63, 3.8) is 0 Å². The van der Waals surface area contributed by atoms with Crippen molar-refractivity contribution >= 4 is 11.6 Å². The molecule has 0 amide bonds. The minimum Gasteiger partial charge on any atom is -0.313 e. The Bertz CT molecular complexity index is 420. The lowest BCUT2D eigenvalue weighted by Crippen LogP contribution is -2.45. The van der Waals surface area contributed by atoms with Crippen LogP contribution in [0.25, 0.3) is 0 Å². The van der Waals surface area contributed by atoms with Crippen LogP contribution in [0.5, 0.6) is 0 Å². The van der Waals surface area contributed by atoms with E-state index in [0.29, 0.717) is 17.1 Å². The fraction of sp³-hybridized carbons (Fsp3) is 0.600. The van der Waals surface area contributed by atoms with Gasteiger partial charge in [0.1, 0.15) is 5.82 Å². The maximum atomic E-state index is 13.5. The first kappa shape index (κ1) is 15.7. The van der Waals surface area contributed by atoms with Crippen LogP contribution in [0.1, 0.15) is 12.0 Å². The zero-order valence-corrected chi connectivity index (χ0v) is 12.8. The molecule has 0 saturated carbocycles. The van der Waals surface area contributed by atoms with Crippen molar-refractivity contribution in [1.29, 1.82) is 0 Å². The number of benzene rings is 1. The largest absolute Gasteiger partial charge is 0.313 e. The van der Waals surface area contributed by atoms with Crippen LogP contribution in [0.2, 0.25) is 5.02 Å². The van der Waals surface area contributed by atoms with Crippen molar-refractivity contribution in [2.45, 2.75) is 13.0 Å². The number of likely N-dealkylation sites (N-methyl/N-ethyl adjacent to an activating group) is 1. The van der Waals surface area contributed by atoms with Crippen LogP contribution in [0, 0.1) is 5.82 Å². The molecule has 1 saturated heterocycles. The molecule has 0 bridgehead atoms. The highest BCUT2D eigenvalue weighted by atomic mass is 35.5. The molecule has 20 heavy (non-hydrogen) atoms. The Kier molecular flexibility index (Phi) is 6.23. The maximum Gasteiger partial charge on any atom is 0.127 e. The second kappa shape index (κ2) is 7.93. The predicted molar refractivity (Wildman–Crippen MR) is 81.7 cm³/mol. The summed E-state index contributed by atoms with van der Waals surface area (Å²) < 4.78 is 13.5. The van der Waals surface area contributed by atoms with Crippen LogP contribution in [0.15, 0.2) is 18.2 Å². The fourth-order valence-corrected chi connectivity index (χ4v) is 2.60. The summed E-state index contributed by atoms with van der Waals surface area (Å²) in [5.74, 6) is -0.194. The monoisotopic (exact) mass is 299 g/mol. The van der Waals surface area contributed by atoms with Crippen molar-refractivity contribution < 1.29 is 4.39 Å². The summed E-state index contributed by atoms with van der Waals surface area (Å²) in [7, 11) is 2.17. The van der Waals surface area contributed by atoms with Crippen LogP contribution in [-0.4, -0.2) is 56.1 Å². The van der Waals surface area contributed by atoms with Gasteiger partial charge in [0, 0.05) is 43.3 Å². The summed E-state index contributed by atoms with van der Waals surface area (Å²) in [5, 5.41) is 3.87. The maximum absolute atomic E-state index is 13.5. The SMILES string of the molecule is CN1CCN(CCCNCc2cc(Cl)ccc2F)CC1. The Balaban J connectivity index is 1.61. The second-order valence-electron chi connectivity index (χ2n) is 5.41. The van der Waals surface area contributed by atoms with Crippen LogP contribution < -0.4 is 5.32 Å². The molecule has 112 valence electrons. The van der Waals surface area contributed by atoms with Crippen molar-refractivity contribution in [3.05, 3.63) is 34.6 Å². The lowest BCUT2D eigenvalue weighted by Gasteiger charge is -2.32. The molecule has 0 aliphatic carbocycles. The lowest BCUT2D eigenvalue weighted by molar-refractivity contribution is 0.152. The summed E-state index contributed by atoms with van der Waals surface area (Å²) in [6, 6.07) is 4.68. The minimum atomic E-state index is -0.194. The van der Waals surface area contributed by atoms with Gasteiger partial charge in [0.2, 0.25) is 0 Å². The highest BCUT2D eigenvalue weighted by Gasteiger charge is 2.12. The average molecular weight is 300 g/mol. The van der Waals surface area contributed by atoms with Gasteiger partial charge < -0.3 is 15.1 Å². The first-order valence-corrected chi connectivity index (χ1v) is 7.58. The highest BCUT2D eigenvalue weighted by molar-refractivity contribution is 6.30. The van der Waals surface area contributed by atoms with Gasteiger partial charge in [-0.25, -0.2) is 4.39 Å². The van der Waals surface area contributed by atoms with E-state index in [2.05, 4.69) is 22.2 Å². The summed E-state index contributed by atoms with van der Waals surface area (Å²) in [5.41, 5.74) is 0.636. The molecule has 1 fully saturated rings. The lowest BCUT2D eigenvalue weighted by atomic mass is 10.2. The molecule has 0 radical (unpaired) electrons. The zero-order valence-electron chi connectivity index (χ0n) is 12.0. The van der Waals surface area contributed by atoms with Gasteiger partial charge in [0.25, 0.3) is 0 Å². The van der Waals surface area contributed by atoms with E-state index in [-0.39, 0.29) is 5.82 Å². The fourth-order valence-electron chi connectivity index (χ4n) is 2.40. The molecule has 1 heterocycles. The van der Waals surface area contributed by atoms with Crippen LogP contribution in [0.4, 0.5) is 4.39 Å². The summed E-state index contributed by atoms with van der Waals surface area (Å²) >= 11 is 5.87. The summed E-state index contributed by atoms with van der Waals surface area (Å²) in [6.07, 6.45) is 1.09. The van der Waals surface area contributed by atoms with E-state index in [4.69, 9.17) is 11.6 Å². The summed E-state index contributed by atoms with van der Waals surface area (Å²) in [6.45, 7) is 7.16.